The van der Waals surface area contributed by atoms with E-state index in [-0.39, 0.29) is 11.1 Å². The normalized spacial score (nSPS) is 18.5. The summed E-state index contributed by atoms with van der Waals surface area (Å²) < 4.78 is 0. The Morgan fingerprint density at radius 2 is 0.933 bits per heavy atom. The average Bonchev–Trinajstić information content (AvgIpc) is 2.70. The van der Waals surface area contributed by atoms with E-state index in [1.165, 1.54) is 0 Å². The number of nitrogens with one attached hydrogen (secondary N) is 2. The van der Waals surface area contributed by atoms with Gasteiger partial charge < -0.3 is 41.3 Å². The van der Waals surface area contributed by atoms with Crippen molar-refractivity contribution >= 4 is 11.8 Å². The second-order valence-electron chi connectivity index (χ2n) is 7.17. The zero-order valence-electron chi connectivity index (χ0n) is 15.8. The van der Waals surface area contributed by atoms with Crippen molar-refractivity contribution in [2.75, 3.05) is 0 Å². The molecule has 0 heterocycles. The van der Waals surface area contributed by atoms with Gasteiger partial charge in [-0.2, -0.15) is 0 Å². The van der Waals surface area contributed by atoms with Crippen molar-refractivity contribution in [3.05, 3.63) is 35.4 Å². The Labute approximate surface area is 171 Å². The van der Waals surface area contributed by atoms with E-state index in [1.807, 2.05) is 0 Å². The number of amides is 2. The predicted molar refractivity (Wildman–Crippen MR) is 104 cm³/mol. The molecule has 0 spiro atoms. The van der Waals surface area contributed by atoms with Crippen molar-refractivity contribution < 1.29 is 40.2 Å². The largest absolute Gasteiger partial charge is 0.504 e. The third-order valence-electron chi connectivity index (χ3n) is 5.06. The van der Waals surface area contributed by atoms with E-state index in [2.05, 4.69) is 10.6 Å². The smallest absolute Gasteiger partial charge is 0.251 e. The van der Waals surface area contributed by atoms with Crippen LogP contribution in [0.2, 0.25) is 0 Å². The fourth-order valence-electron chi connectivity index (χ4n) is 3.45. The van der Waals surface area contributed by atoms with Gasteiger partial charge in [0.25, 0.3) is 11.8 Å². The number of hydrogen-bond acceptors (Lipinski definition) is 8. The van der Waals surface area contributed by atoms with Crippen LogP contribution in [0.4, 0.5) is 0 Å². The van der Waals surface area contributed by atoms with E-state index in [0.29, 0.717) is 12.8 Å². The Morgan fingerprint density at radius 1 is 0.633 bits per heavy atom. The first kappa shape index (κ1) is 20.9. The molecular weight excluding hydrogens is 396 g/mol. The minimum Gasteiger partial charge on any atom is -0.504 e. The zero-order chi connectivity index (χ0) is 22.0. The molecule has 0 bridgehead atoms. The van der Waals surface area contributed by atoms with Crippen LogP contribution < -0.4 is 10.6 Å². The SMILES string of the molecule is O=C(N[C@H]1CCCC[C@@H]1NC(=O)c1cc(O)c(O)c(O)c1)c1cc(O)c(O)c(O)c1. The summed E-state index contributed by atoms with van der Waals surface area (Å²) in [6.45, 7) is 0. The van der Waals surface area contributed by atoms with Crippen molar-refractivity contribution in [2.24, 2.45) is 0 Å². The number of benzene rings is 2. The molecule has 0 unspecified atom stereocenters. The van der Waals surface area contributed by atoms with Crippen LogP contribution in [-0.4, -0.2) is 54.5 Å². The van der Waals surface area contributed by atoms with Gasteiger partial charge >= 0.3 is 0 Å². The monoisotopic (exact) mass is 418 g/mol. The van der Waals surface area contributed by atoms with Gasteiger partial charge in [0.1, 0.15) is 0 Å². The highest BCUT2D eigenvalue weighted by atomic mass is 16.3. The van der Waals surface area contributed by atoms with Gasteiger partial charge in [0.2, 0.25) is 0 Å². The Balaban J connectivity index is 1.73. The third-order valence-corrected chi connectivity index (χ3v) is 5.06. The molecule has 160 valence electrons. The fraction of sp³-hybridized carbons (Fsp3) is 0.300. The van der Waals surface area contributed by atoms with Crippen molar-refractivity contribution in [2.45, 2.75) is 37.8 Å². The lowest BCUT2D eigenvalue weighted by Crippen LogP contribution is -2.53. The summed E-state index contributed by atoms with van der Waals surface area (Å²) in [4.78, 5) is 25.1. The number of aromatic hydroxyl groups is 6. The Kier molecular flexibility index (Phi) is 5.77. The Hall–Kier alpha value is -3.82. The van der Waals surface area contributed by atoms with Gasteiger partial charge in [0.05, 0.1) is 0 Å². The van der Waals surface area contributed by atoms with Crippen LogP contribution in [0.15, 0.2) is 24.3 Å². The quantitative estimate of drug-likeness (QED) is 0.343. The van der Waals surface area contributed by atoms with Crippen molar-refractivity contribution in [3.8, 4) is 34.5 Å². The molecule has 1 aliphatic rings. The summed E-state index contributed by atoms with van der Waals surface area (Å²) >= 11 is 0. The lowest BCUT2D eigenvalue weighted by Gasteiger charge is -2.33. The summed E-state index contributed by atoms with van der Waals surface area (Å²) in [7, 11) is 0. The molecule has 10 nitrogen and oxygen atoms in total. The number of phenols is 6. The Bertz CT molecular complexity index is 865. The highest BCUT2D eigenvalue weighted by molar-refractivity contribution is 5.97. The van der Waals surface area contributed by atoms with Crippen molar-refractivity contribution in [3.63, 3.8) is 0 Å². The molecule has 10 heteroatoms. The maximum Gasteiger partial charge on any atom is 0.251 e. The molecule has 0 radical (unpaired) electrons. The molecule has 2 atom stereocenters. The second-order valence-corrected chi connectivity index (χ2v) is 7.17. The van der Waals surface area contributed by atoms with Gasteiger partial charge in [-0.3, -0.25) is 9.59 Å². The van der Waals surface area contributed by atoms with Crippen LogP contribution in [0, 0.1) is 0 Å². The summed E-state index contributed by atoms with van der Waals surface area (Å²) in [6.07, 6.45) is 2.76. The molecule has 1 saturated carbocycles. The van der Waals surface area contributed by atoms with Gasteiger partial charge in [-0.25, -0.2) is 0 Å². The molecule has 2 amide bonds. The van der Waals surface area contributed by atoms with Gasteiger partial charge in [0.15, 0.2) is 34.5 Å². The zero-order valence-corrected chi connectivity index (χ0v) is 15.8. The molecule has 8 N–H and O–H groups in total. The average molecular weight is 418 g/mol. The highest BCUT2D eigenvalue weighted by Crippen LogP contribution is 2.36. The molecule has 0 saturated heterocycles. The molecule has 30 heavy (non-hydrogen) atoms. The topological polar surface area (TPSA) is 180 Å². The van der Waals surface area contributed by atoms with Crippen LogP contribution in [-0.2, 0) is 0 Å². The molecule has 0 aliphatic heterocycles. The first-order valence-corrected chi connectivity index (χ1v) is 9.29. The first-order chi connectivity index (χ1) is 14.2. The maximum atomic E-state index is 12.5. The second kappa shape index (κ2) is 8.27. The summed E-state index contributed by atoms with van der Waals surface area (Å²) in [6, 6.07) is 3.16. The van der Waals surface area contributed by atoms with Crippen LogP contribution in [0.5, 0.6) is 34.5 Å². The molecule has 2 aromatic rings. The predicted octanol–water partition coefficient (Wildman–Crippen LogP) is 1.39. The van der Waals surface area contributed by atoms with Crippen LogP contribution in [0.1, 0.15) is 46.4 Å². The third kappa shape index (κ3) is 4.27. The van der Waals surface area contributed by atoms with Crippen LogP contribution in [0.3, 0.4) is 0 Å². The lowest BCUT2D eigenvalue weighted by molar-refractivity contribution is 0.0862. The summed E-state index contributed by atoms with van der Waals surface area (Å²) in [5.74, 6) is -5.22. The van der Waals surface area contributed by atoms with E-state index in [4.69, 9.17) is 0 Å². The summed E-state index contributed by atoms with van der Waals surface area (Å²) in [5, 5.41) is 62.7. The fourth-order valence-corrected chi connectivity index (χ4v) is 3.45. The van der Waals surface area contributed by atoms with E-state index in [1.54, 1.807) is 0 Å². The maximum absolute atomic E-state index is 12.5. The van der Waals surface area contributed by atoms with E-state index in [0.717, 1.165) is 37.1 Å². The van der Waals surface area contributed by atoms with E-state index >= 15 is 0 Å². The molecule has 0 aromatic heterocycles. The van der Waals surface area contributed by atoms with Gasteiger partial charge in [0, 0.05) is 23.2 Å². The first-order valence-electron chi connectivity index (χ1n) is 9.29. The highest BCUT2D eigenvalue weighted by Gasteiger charge is 2.29. The molecule has 1 aliphatic carbocycles. The Morgan fingerprint density at radius 3 is 1.23 bits per heavy atom. The minimum atomic E-state index is -0.727. The number of carbonyl (C=O) groups is 2. The van der Waals surface area contributed by atoms with E-state index in [9.17, 15) is 40.2 Å². The minimum absolute atomic E-state index is 0.0631. The number of hydrogen-bond donors (Lipinski definition) is 8. The molecule has 2 aromatic carbocycles. The molecular formula is C20H22N2O8. The summed E-state index contributed by atoms with van der Waals surface area (Å²) in [5.41, 5.74) is -0.126. The van der Waals surface area contributed by atoms with Crippen LogP contribution in [0.25, 0.3) is 0 Å². The van der Waals surface area contributed by atoms with E-state index < -0.39 is 58.4 Å². The number of rotatable bonds is 4. The molecule has 1 fully saturated rings. The van der Waals surface area contributed by atoms with Crippen molar-refractivity contribution in [1.29, 1.82) is 0 Å². The van der Waals surface area contributed by atoms with Crippen molar-refractivity contribution in [1.82, 2.24) is 10.6 Å². The van der Waals surface area contributed by atoms with Crippen LogP contribution >= 0.6 is 0 Å². The lowest BCUT2D eigenvalue weighted by atomic mass is 9.89. The van der Waals surface area contributed by atoms with Gasteiger partial charge in [-0.15, -0.1) is 0 Å². The van der Waals surface area contributed by atoms with Gasteiger partial charge in [-0.1, -0.05) is 12.8 Å². The number of phenolic OH excluding ortho intramolecular Hbond substituents is 6. The standard InChI is InChI=1S/C20H22N2O8/c23-13-5-9(6-14(24)17(13)27)19(29)21-11-3-1-2-4-12(11)22-20(30)10-7-15(25)18(28)16(26)8-10/h5-8,11-12,23-28H,1-4H2,(H,21,29)(H,22,30)/t11-,12-/m0/s1. The van der Waals surface area contributed by atoms with Gasteiger partial charge in [-0.05, 0) is 37.1 Å². The molecule has 3 rings (SSSR count). The number of carbonyl (C=O) groups excluding carboxylic acids is 2.